The summed E-state index contributed by atoms with van der Waals surface area (Å²) in [4.78, 5) is 11.5. The second-order valence-corrected chi connectivity index (χ2v) is 5.78. The number of alkyl halides is 1. The Kier molecular flexibility index (Phi) is 4.36. The van der Waals surface area contributed by atoms with Crippen molar-refractivity contribution in [1.29, 1.82) is 0 Å². The van der Waals surface area contributed by atoms with Gasteiger partial charge in [0.15, 0.2) is 0 Å². The summed E-state index contributed by atoms with van der Waals surface area (Å²) >= 11 is 5.36. The summed E-state index contributed by atoms with van der Waals surface area (Å²) in [6.07, 6.45) is 0. The number of rotatable bonds is 4. The third kappa shape index (κ3) is 2.89. The smallest absolute Gasteiger partial charge is 0.340 e. The number of nitrogens with zero attached hydrogens (tertiary/aromatic N) is 1. The number of para-hydroxylation sites is 1. The molecule has 0 saturated carbocycles. The molecule has 0 aliphatic heterocycles. The minimum atomic E-state index is -3.62. The Bertz CT molecular complexity index is 515. The average Bonchev–Trinajstić information content (AvgIpc) is 2.36. The van der Waals surface area contributed by atoms with E-state index in [9.17, 15) is 13.2 Å². The standard InChI is InChI=1S/C10H12ClNO4S/c1-12(17(14,15)7-11)9-6-4-3-5-8(9)10(13)16-2/h3-6H,7H2,1-2H3. The van der Waals surface area contributed by atoms with Gasteiger partial charge in [0, 0.05) is 7.05 Å². The zero-order chi connectivity index (χ0) is 13.1. The third-order valence-electron chi connectivity index (χ3n) is 2.20. The van der Waals surface area contributed by atoms with E-state index in [2.05, 4.69) is 4.74 Å². The van der Waals surface area contributed by atoms with Crippen molar-refractivity contribution in [3.63, 3.8) is 0 Å². The SMILES string of the molecule is COC(=O)c1ccccc1N(C)S(=O)(=O)CCl. The number of ether oxygens (including phenoxy) is 1. The Morgan fingerprint density at radius 1 is 1.41 bits per heavy atom. The summed E-state index contributed by atoms with van der Waals surface area (Å²) in [5, 5.41) is -0.557. The summed E-state index contributed by atoms with van der Waals surface area (Å²) < 4.78 is 28.8. The lowest BCUT2D eigenvalue weighted by Gasteiger charge is -2.19. The summed E-state index contributed by atoms with van der Waals surface area (Å²) in [7, 11) is -1.06. The highest BCUT2D eigenvalue weighted by Gasteiger charge is 2.22. The van der Waals surface area contributed by atoms with Crippen molar-refractivity contribution < 1.29 is 17.9 Å². The molecule has 0 bridgehead atoms. The quantitative estimate of drug-likeness (QED) is 0.617. The average molecular weight is 278 g/mol. The number of carbonyl (C=O) groups excluding carboxylic acids is 1. The molecule has 1 rings (SSSR count). The molecule has 94 valence electrons. The van der Waals surface area contributed by atoms with Crippen molar-refractivity contribution in [2.45, 2.75) is 0 Å². The maximum absolute atomic E-state index is 11.6. The highest BCUT2D eigenvalue weighted by atomic mass is 35.5. The Morgan fingerprint density at radius 3 is 2.53 bits per heavy atom. The van der Waals surface area contributed by atoms with Crippen LogP contribution in [0.1, 0.15) is 10.4 Å². The second-order valence-electron chi connectivity index (χ2n) is 3.20. The van der Waals surface area contributed by atoms with Crippen molar-refractivity contribution >= 4 is 33.3 Å². The van der Waals surface area contributed by atoms with E-state index in [0.717, 1.165) is 4.31 Å². The molecular weight excluding hydrogens is 266 g/mol. The minimum absolute atomic E-state index is 0.172. The minimum Gasteiger partial charge on any atom is -0.465 e. The lowest BCUT2D eigenvalue weighted by molar-refractivity contribution is 0.0601. The number of hydrogen-bond donors (Lipinski definition) is 0. The van der Waals surface area contributed by atoms with E-state index in [0.29, 0.717) is 0 Å². The molecule has 1 aromatic carbocycles. The van der Waals surface area contributed by atoms with Gasteiger partial charge in [-0.3, -0.25) is 4.31 Å². The molecule has 0 radical (unpaired) electrons. The van der Waals surface area contributed by atoms with E-state index < -0.39 is 21.2 Å². The number of esters is 1. The maximum atomic E-state index is 11.6. The Hall–Kier alpha value is -1.27. The molecule has 5 nitrogen and oxygen atoms in total. The molecule has 0 fully saturated rings. The van der Waals surface area contributed by atoms with Crippen molar-refractivity contribution in [2.75, 3.05) is 23.7 Å². The van der Waals surface area contributed by atoms with Gasteiger partial charge in [0.2, 0.25) is 10.0 Å². The van der Waals surface area contributed by atoms with Crippen LogP contribution in [0.4, 0.5) is 5.69 Å². The second kappa shape index (κ2) is 5.37. The summed E-state index contributed by atoms with van der Waals surface area (Å²) in [6.45, 7) is 0. The van der Waals surface area contributed by atoms with Crippen molar-refractivity contribution in [2.24, 2.45) is 0 Å². The normalized spacial score (nSPS) is 11.0. The van der Waals surface area contributed by atoms with E-state index in [-0.39, 0.29) is 11.3 Å². The topological polar surface area (TPSA) is 63.7 Å². The fourth-order valence-corrected chi connectivity index (χ4v) is 2.30. The first kappa shape index (κ1) is 13.8. The molecule has 0 unspecified atom stereocenters. The van der Waals surface area contributed by atoms with Crippen LogP contribution in [-0.4, -0.2) is 33.8 Å². The Morgan fingerprint density at radius 2 is 2.00 bits per heavy atom. The number of hydrogen-bond acceptors (Lipinski definition) is 4. The van der Waals surface area contributed by atoms with Gasteiger partial charge < -0.3 is 4.74 Å². The third-order valence-corrected chi connectivity index (χ3v) is 4.34. The van der Waals surface area contributed by atoms with Crippen molar-refractivity contribution in [3.05, 3.63) is 29.8 Å². The van der Waals surface area contributed by atoms with Gasteiger partial charge in [-0.2, -0.15) is 0 Å². The zero-order valence-corrected chi connectivity index (χ0v) is 11.0. The van der Waals surface area contributed by atoms with E-state index in [4.69, 9.17) is 11.6 Å². The molecule has 0 amide bonds. The van der Waals surface area contributed by atoms with E-state index in [1.54, 1.807) is 12.1 Å². The van der Waals surface area contributed by atoms with Gasteiger partial charge in [0.05, 0.1) is 18.4 Å². The van der Waals surface area contributed by atoms with E-state index in [1.165, 1.54) is 26.3 Å². The van der Waals surface area contributed by atoms with Crippen LogP contribution in [0.25, 0.3) is 0 Å². The van der Waals surface area contributed by atoms with Crippen LogP contribution in [0.3, 0.4) is 0 Å². The molecule has 0 atom stereocenters. The highest BCUT2D eigenvalue weighted by molar-refractivity contribution is 7.93. The van der Waals surface area contributed by atoms with Gasteiger partial charge >= 0.3 is 5.97 Å². The van der Waals surface area contributed by atoms with Gasteiger partial charge in [0.1, 0.15) is 5.21 Å². The van der Waals surface area contributed by atoms with Crippen LogP contribution in [0.5, 0.6) is 0 Å². The van der Waals surface area contributed by atoms with Gasteiger partial charge in [0.25, 0.3) is 0 Å². The van der Waals surface area contributed by atoms with E-state index in [1.807, 2.05) is 0 Å². The number of anilines is 1. The largest absolute Gasteiger partial charge is 0.465 e. The summed E-state index contributed by atoms with van der Waals surface area (Å²) in [5.74, 6) is -0.600. The summed E-state index contributed by atoms with van der Waals surface area (Å²) in [6, 6.07) is 6.25. The van der Waals surface area contributed by atoms with Crippen molar-refractivity contribution in [3.8, 4) is 0 Å². The Labute approximate surface area is 105 Å². The molecule has 0 saturated heterocycles. The number of carbonyl (C=O) groups is 1. The first-order chi connectivity index (χ1) is 7.94. The number of sulfonamides is 1. The molecule has 0 aliphatic rings. The van der Waals surface area contributed by atoms with Crippen LogP contribution >= 0.6 is 11.6 Å². The molecule has 17 heavy (non-hydrogen) atoms. The monoisotopic (exact) mass is 277 g/mol. The fraction of sp³-hybridized carbons (Fsp3) is 0.300. The van der Waals surface area contributed by atoms with E-state index >= 15 is 0 Å². The maximum Gasteiger partial charge on any atom is 0.340 e. The van der Waals surface area contributed by atoms with Gasteiger partial charge in [-0.25, -0.2) is 13.2 Å². The van der Waals surface area contributed by atoms with Crippen molar-refractivity contribution in [1.82, 2.24) is 0 Å². The number of halogens is 1. The number of benzene rings is 1. The molecule has 0 aliphatic carbocycles. The predicted molar refractivity (Wildman–Crippen MR) is 65.8 cm³/mol. The zero-order valence-electron chi connectivity index (χ0n) is 9.38. The highest BCUT2D eigenvalue weighted by Crippen LogP contribution is 2.22. The molecule has 7 heteroatoms. The summed E-state index contributed by atoms with van der Waals surface area (Å²) in [5.41, 5.74) is 0.409. The van der Waals surface area contributed by atoms with Crippen LogP contribution in [0.2, 0.25) is 0 Å². The van der Waals surface area contributed by atoms with Crippen LogP contribution in [0.15, 0.2) is 24.3 Å². The molecular formula is C10H12ClNO4S. The first-order valence-electron chi connectivity index (χ1n) is 4.64. The van der Waals surface area contributed by atoms with Crippen LogP contribution in [0, 0.1) is 0 Å². The van der Waals surface area contributed by atoms with Gasteiger partial charge in [-0.15, -0.1) is 11.6 Å². The lowest BCUT2D eigenvalue weighted by Crippen LogP contribution is -2.28. The fourth-order valence-electron chi connectivity index (χ4n) is 1.25. The lowest BCUT2D eigenvalue weighted by atomic mass is 10.2. The van der Waals surface area contributed by atoms with Crippen LogP contribution < -0.4 is 4.31 Å². The molecule has 1 aromatic rings. The molecule has 0 spiro atoms. The first-order valence-corrected chi connectivity index (χ1v) is 6.78. The predicted octanol–water partition coefficient (Wildman–Crippen LogP) is 1.44. The molecule has 0 heterocycles. The number of methoxy groups -OCH3 is 1. The van der Waals surface area contributed by atoms with Gasteiger partial charge in [-0.05, 0) is 12.1 Å². The molecule has 0 aromatic heterocycles. The van der Waals surface area contributed by atoms with Gasteiger partial charge in [-0.1, -0.05) is 12.1 Å². The van der Waals surface area contributed by atoms with Crippen LogP contribution in [-0.2, 0) is 14.8 Å². The Balaban J connectivity index is 3.28. The molecule has 0 N–H and O–H groups in total.